The second kappa shape index (κ2) is 8.54. The predicted octanol–water partition coefficient (Wildman–Crippen LogP) is -0.271. The van der Waals surface area contributed by atoms with E-state index in [0.717, 1.165) is 0 Å². The number of hydrogen-bond donors (Lipinski definition) is 5. The summed E-state index contributed by atoms with van der Waals surface area (Å²) in [5, 5.41) is 25.3. The van der Waals surface area contributed by atoms with Gasteiger partial charge in [0.2, 0.25) is 0 Å². The number of hydrogen-bond acceptors (Lipinski definition) is 5. The third kappa shape index (κ3) is 12.7. The van der Waals surface area contributed by atoms with Crippen LogP contribution in [-0.2, 0) is 4.74 Å². The summed E-state index contributed by atoms with van der Waals surface area (Å²) < 4.78 is 5.00. The maximum absolute atomic E-state index is 11.3. The van der Waals surface area contributed by atoms with Crippen LogP contribution in [0.25, 0.3) is 0 Å². The van der Waals surface area contributed by atoms with Gasteiger partial charge in [0.25, 0.3) is 0 Å². The van der Waals surface area contributed by atoms with Crippen LogP contribution in [0.5, 0.6) is 0 Å². The van der Waals surface area contributed by atoms with Gasteiger partial charge in [-0.15, -0.1) is 0 Å². The molecule has 0 heterocycles. The first-order valence-corrected chi connectivity index (χ1v) is 6.03. The predicted molar refractivity (Wildman–Crippen MR) is 69.1 cm³/mol. The standard InChI is InChI=1S/C11H23N3O5/c1-11(2,3)19-10(18)14-7-8(15)6-12-4-5-13-9(16)17/h8,12-13,15H,4-7H2,1-3H3,(H,14,18)(H,16,17). The Morgan fingerprint density at radius 2 is 1.79 bits per heavy atom. The largest absolute Gasteiger partial charge is 0.465 e. The number of carbonyl (C=O) groups excluding carboxylic acids is 1. The molecule has 2 amide bonds. The smallest absolute Gasteiger partial charge is 0.407 e. The molecule has 0 saturated heterocycles. The van der Waals surface area contributed by atoms with Gasteiger partial charge < -0.3 is 30.9 Å². The SMILES string of the molecule is CC(C)(C)OC(=O)NCC(O)CNCCNC(=O)O. The molecule has 0 rings (SSSR count). The molecule has 8 nitrogen and oxygen atoms in total. The monoisotopic (exact) mass is 277 g/mol. The van der Waals surface area contributed by atoms with Crippen molar-refractivity contribution in [1.82, 2.24) is 16.0 Å². The molecule has 0 spiro atoms. The molecule has 8 heteroatoms. The molecule has 0 aromatic heterocycles. The van der Waals surface area contributed by atoms with Crippen molar-refractivity contribution in [3.63, 3.8) is 0 Å². The topological polar surface area (TPSA) is 120 Å². The highest BCUT2D eigenvalue weighted by molar-refractivity contribution is 5.67. The molecule has 0 bridgehead atoms. The lowest BCUT2D eigenvalue weighted by molar-refractivity contribution is 0.0492. The molecule has 0 saturated carbocycles. The summed E-state index contributed by atoms with van der Waals surface area (Å²) in [6.07, 6.45) is -2.44. The van der Waals surface area contributed by atoms with Crippen LogP contribution in [-0.4, -0.2) is 60.3 Å². The van der Waals surface area contributed by atoms with Crippen molar-refractivity contribution in [2.75, 3.05) is 26.2 Å². The second-order valence-electron chi connectivity index (χ2n) is 4.97. The van der Waals surface area contributed by atoms with Gasteiger partial charge in [0.05, 0.1) is 6.10 Å². The molecule has 0 fully saturated rings. The summed E-state index contributed by atoms with van der Waals surface area (Å²) >= 11 is 0. The Balaban J connectivity index is 3.56. The lowest BCUT2D eigenvalue weighted by Crippen LogP contribution is -2.41. The first-order valence-electron chi connectivity index (χ1n) is 6.03. The number of amides is 2. The number of carboxylic acid groups (broad SMARTS) is 1. The minimum absolute atomic E-state index is 0.0638. The van der Waals surface area contributed by atoms with Gasteiger partial charge in [-0.05, 0) is 20.8 Å². The second-order valence-corrected chi connectivity index (χ2v) is 4.97. The van der Waals surface area contributed by atoms with Crippen LogP contribution in [0.15, 0.2) is 0 Å². The lowest BCUT2D eigenvalue weighted by atomic mass is 10.2. The van der Waals surface area contributed by atoms with Crippen molar-refractivity contribution in [3.05, 3.63) is 0 Å². The van der Waals surface area contributed by atoms with Gasteiger partial charge >= 0.3 is 12.2 Å². The van der Waals surface area contributed by atoms with Gasteiger partial charge in [-0.1, -0.05) is 0 Å². The van der Waals surface area contributed by atoms with Crippen molar-refractivity contribution >= 4 is 12.2 Å². The molecule has 0 aliphatic rings. The highest BCUT2D eigenvalue weighted by atomic mass is 16.6. The van der Waals surface area contributed by atoms with E-state index in [1.165, 1.54) is 0 Å². The first kappa shape index (κ1) is 17.5. The quantitative estimate of drug-likeness (QED) is 0.409. The van der Waals surface area contributed by atoms with Crippen molar-refractivity contribution in [2.45, 2.75) is 32.5 Å². The summed E-state index contributed by atoms with van der Waals surface area (Å²) in [6, 6.07) is 0. The number of aliphatic hydroxyl groups excluding tert-OH is 1. The van der Waals surface area contributed by atoms with Crippen LogP contribution in [0.1, 0.15) is 20.8 Å². The molecule has 1 atom stereocenters. The molecule has 0 aliphatic heterocycles. The van der Waals surface area contributed by atoms with Crippen molar-refractivity contribution in [3.8, 4) is 0 Å². The van der Waals surface area contributed by atoms with Gasteiger partial charge in [-0.3, -0.25) is 0 Å². The van der Waals surface area contributed by atoms with Crippen LogP contribution in [0, 0.1) is 0 Å². The summed E-state index contributed by atoms with van der Waals surface area (Å²) in [6.45, 7) is 6.21. The Morgan fingerprint density at radius 1 is 1.16 bits per heavy atom. The Bertz CT molecular complexity index is 291. The number of aliphatic hydroxyl groups is 1. The number of rotatable bonds is 7. The van der Waals surface area contributed by atoms with E-state index in [1.807, 2.05) is 0 Å². The molecular weight excluding hydrogens is 254 g/mol. The van der Waals surface area contributed by atoms with Crippen molar-refractivity contribution < 1.29 is 24.5 Å². The number of ether oxygens (including phenoxy) is 1. The molecule has 0 aromatic carbocycles. The van der Waals surface area contributed by atoms with Gasteiger partial charge in [0, 0.05) is 26.2 Å². The third-order valence-corrected chi connectivity index (χ3v) is 1.84. The van der Waals surface area contributed by atoms with Crippen molar-refractivity contribution in [2.24, 2.45) is 0 Å². The van der Waals surface area contributed by atoms with Crippen LogP contribution < -0.4 is 16.0 Å². The highest BCUT2D eigenvalue weighted by Gasteiger charge is 2.16. The molecule has 0 aliphatic carbocycles. The van der Waals surface area contributed by atoms with E-state index in [4.69, 9.17) is 9.84 Å². The van der Waals surface area contributed by atoms with E-state index in [1.54, 1.807) is 20.8 Å². The molecule has 112 valence electrons. The molecular formula is C11H23N3O5. The molecule has 5 N–H and O–H groups in total. The van der Waals surface area contributed by atoms with E-state index in [-0.39, 0.29) is 19.6 Å². The average Bonchev–Trinajstić information content (AvgIpc) is 2.23. The van der Waals surface area contributed by atoms with E-state index in [2.05, 4.69) is 16.0 Å². The zero-order chi connectivity index (χ0) is 14.9. The van der Waals surface area contributed by atoms with Crippen LogP contribution in [0.4, 0.5) is 9.59 Å². The van der Waals surface area contributed by atoms with Crippen LogP contribution >= 0.6 is 0 Å². The van der Waals surface area contributed by atoms with E-state index >= 15 is 0 Å². The first-order chi connectivity index (χ1) is 8.70. The summed E-state index contributed by atoms with van der Waals surface area (Å²) in [5.41, 5.74) is -0.574. The molecule has 1 unspecified atom stereocenters. The fraction of sp³-hybridized carbons (Fsp3) is 0.818. The summed E-state index contributed by atoms with van der Waals surface area (Å²) in [5.74, 6) is 0. The zero-order valence-corrected chi connectivity index (χ0v) is 11.5. The number of alkyl carbamates (subject to hydrolysis) is 1. The average molecular weight is 277 g/mol. The van der Waals surface area contributed by atoms with Gasteiger partial charge in [-0.25, -0.2) is 9.59 Å². The van der Waals surface area contributed by atoms with E-state index in [9.17, 15) is 14.7 Å². The fourth-order valence-corrected chi connectivity index (χ4v) is 1.11. The van der Waals surface area contributed by atoms with Crippen LogP contribution in [0.3, 0.4) is 0 Å². The van der Waals surface area contributed by atoms with E-state index < -0.39 is 23.9 Å². The normalized spacial score (nSPS) is 12.6. The molecule has 19 heavy (non-hydrogen) atoms. The van der Waals surface area contributed by atoms with Gasteiger partial charge in [-0.2, -0.15) is 0 Å². The van der Waals surface area contributed by atoms with Gasteiger partial charge in [0.15, 0.2) is 0 Å². The van der Waals surface area contributed by atoms with Crippen molar-refractivity contribution in [1.29, 1.82) is 0 Å². The zero-order valence-electron chi connectivity index (χ0n) is 11.5. The van der Waals surface area contributed by atoms with Crippen LogP contribution in [0.2, 0.25) is 0 Å². The number of nitrogens with one attached hydrogen (secondary N) is 3. The Hall–Kier alpha value is -1.54. The maximum Gasteiger partial charge on any atom is 0.407 e. The lowest BCUT2D eigenvalue weighted by Gasteiger charge is -2.20. The Kier molecular flexibility index (Phi) is 7.85. The molecule has 0 radical (unpaired) electrons. The fourth-order valence-electron chi connectivity index (χ4n) is 1.11. The minimum atomic E-state index is -1.09. The van der Waals surface area contributed by atoms with Gasteiger partial charge in [0.1, 0.15) is 5.60 Å². The molecule has 0 aromatic rings. The number of carbonyl (C=O) groups is 2. The Labute approximate surface area is 112 Å². The summed E-state index contributed by atoms with van der Waals surface area (Å²) in [7, 11) is 0. The Morgan fingerprint density at radius 3 is 2.32 bits per heavy atom. The highest BCUT2D eigenvalue weighted by Crippen LogP contribution is 2.06. The minimum Gasteiger partial charge on any atom is -0.465 e. The third-order valence-electron chi connectivity index (χ3n) is 1.84. The van der Waals surface area contributed by atoms with E-state index in [0.29, 0.717) is 6.54 Å². The maximum atomic E-state index is 11.3. The summed E-state index contributed by atoms with van der Waals surface area (Å²) in [4.78, 5) is 21.4.